The average molecular weight is 421 g/mol. The summed E-state index contributed by atoms with van der Waals surface area (Å²) in [5, 5.41) is 3.06. The lowest BCUT2D eigenvalue weighted by Gasteiger charge is -2.36. The maximum absolute atomic E-state index is 13.0. The number of likely N-dealkylation sites (tertiary alicyclic amines) is 1. The van der Waals surface area contributed by atoms with Gasteiger partial charge in [0.15, 0.2) is 0 Å². The van der Waals surface area contributed by atoms with Gasteiger partial charge in [0.05, 0.1) is 0 Å². The van der Waals surface area contributed by atoms with Gasteiger partial charge in [0.25, 0.3) is 0 Å². The summed E-state index contributed by atoms with van der Waals surface area (Å²) < 4.78 is 0. The van der Waals surface area contributed by atoms with Crippen LogP contribution in [0.4, 0.5) is 15.3 Å². The second kappa shape index (κ2) is 9.41. The highest BCUT2D eigenvalue weighted by atomic mass is 16.2. The molecule has 2 aromatic rings. The van der Waals surface area contributed by atoms with Gasteiger partial charge in [-0.1, -0.05) is 55.0 Å². The lowest BCUT2D eigenvalue weighted by atomic mass is 10.0. The van der Waals surface area contributed by atoms with Crippen molar-refractivity contribution in [2.75, 3.05) is 31.5 Å². The third-order valence-electron chi connectivity index (χ3n) is 6.42. The second-order valence-electron chi connectivity index (χ2n) is 8.55. The summed E-state index contributed by atoms with van der Waals surface area (Å²) in [4.78, 5) is 31.5. The number of para-hydroxylation sites is 1. The number of rotatable bonds is 5. The number of nitrogens with zero attached hydrogens (tertiary/aromatic N) is 3. The molecule has 6 heteroatoms. The average Bonchev–Trinajstić information content (AvgIpc) is 3.14. The van der Waals surface area contributed by atoms with E-state index in [1.165, 1.54) is 11.1 Å². The zero-order chi connectivity index (χ0) is 21.8. The van der Waals surface area contributed by atoms with Crippen molar-refractivity contribution >= 4 is 17.7 Å². The van der Waals surface area contributed by atoms with Gasteiger partial charge in [0, 0.05) is 44.5 Å². The van der Waals surface area contributed by atoms with E-state index < -0.39 is 0 Å². The molecular weight excluding hydrogens is 388 g/mol. The van der Waals surface area contributed by atoms with Crippen LogP contribution in [0.15, 0.2) is 48.5 Å². The molecule has 2 aliphatic rings. The van der Waals surface area contributed by atoms with Gasteiger partial charge in [0.2, 0.25) is 0 Å². The van der Waals surface area contributed by atoms with Gasteiger partial charge in [-0.05, 0) is 43.4 Å². The van der Waals surface area contributed by atoms with Crippen molar-refractivity contribution in [3.63, 3.8) is 0 Å². The number of hydrogen-bond donors (Lipinski definition) is 1. The topological polar surface area (TPSA) is 55.9 Å². The molecule has 1 N–H and O–H groups in total. The van der Waals surface area contributed by atoms with Crippen LogP contribution in [0.3, 0.4) is 0 Å². The van der Waals surface area contributed by atoms with E-state index in [1.807, 2.05) is 45.0 Å². The summed E-state index contributed by atoms with van der Waals surface area (Å²) in [6, 6.07) is 16.6. The molecule has 0 aromatic heterocycles. The van der Waals surface area contributed by atoms with Gasteiger partial charge in [-0.25, -0.2) is 9.59 Å². The second-order valence-corrected chi connectivity index (χ2v) is 8.55. The maximum Gasteiger partial charge on any atom is 0.321 e. The Hall–Kier alpha value is -3.02. The number of aryl methyl sites for hydroxylation is 2. The molecule has 4 amide bonds. The molecule has 0 saturated carbocycles. The van der Waals surface area contributed by atoms with Crippen LogP contribution in [0.1, 0.15) is 36.5 Å². The van der Waals surface area contributed by atoms with Gasteiger partial charge in [-0.3, -0.25) is 0 Å². The SMILES string of the molecule is CCc1ccccc1NC(=O)N1CCC(N2CCN(Cc3cccc(C)c3)C2=O)CC1. The first kappa shape index (κ1) is 21.2. The fraction of sp³-hybridized carbons (Fsp3) is 0.440. The molecule has 0 bridgehead atoms. The van der Waals surface area contributed by atoms with Crippen LogP contribution in [-0.4, -0.2) is 59.0 Å². The molecule has 6 nitrogen and oxygen atoms in total. The first-order valence-corrected chi connectivity index (χ1v) is 11.3. The summed E-state index contributed by atoms with van der Waals surface area (Å²) in [7, 11) is 0. The Labute approximate surface area is 184 Å². The molecule has 2 saturated heterocycles. The van der Waals surface area contributed by atoms with Crippen molar-refractivity contribution in [1.82, 2.24) is 14.7 Å². The third-order valence-corrected chi connectivity index (χ3v) is 6.42. The Morgan fingerprint density at radius 1 is 1.03 bits per heavy atom. The predicted octanol–water partition coefficient (Wildman–Crippen LogP) is 4.49. The van der Waals surface area contributed by atoms with Crippen molar-refractivity contribution in [2.45, 2.75) is 45.7 Å². The molecule has 0 unspecified atom stereocenters. The van der Waals surface area contributed by atoms with Gasteiger partial charge in [-0.2, -0.15) is 0 Å². The molecule has 0 radical (unpaired) electrons. The number of amides is 4. The Morgan fingerprint density at radius 2 is 1.81 bits per heavy atom. The summed E-state index contributed by atoms with van der Waals surface area (Å²) in [6.07, 6.45) is 2.54. The summed E-state index contributed by atoms with van der Waals surface area (Å²) >= 11 is 0. The fourth-order valence-corrected chi connectivity index (χ4v) is 4.64. The van der Waals surface area contributed by atoms with E-state index in [9.17, 15) is 9.59 Å². The van der Waals surface area contributed by atoms with Crippen LogP contribution in [0, 0.1) is 6.92 Å². The highest BCUT2D eigenvalue weighted by Gasteiger charge is 2.36. The molecule has 164 valence electrons. The van der Waals surface area contributed by atoms with Crippen molar-refractivity contribution in [1.29, 1.82) is 0 Å². The maximum atomic E-state index is 13.0. The highest BCUT2D eigenvalue weighted by Crippen LogP contribution is 2.24. The number of hydrogen-bond acceptors (Lipinski definition) is 2. The summed E-state index contributed by atoms with van der Waals surface area (Å²) in [5.74, 6) is 0. The number of urea groups is 2. The minimum atomic E-state index is -0.0480. The Morgan fingerprint density at radius 3 is 2.55 bits per heavy atom. The minimum absolute atomic E-state index is 0.0480. The van der Waals surface area contributed by atoms with E-state index in [1.54, 1.807) is 0 Å². The molecule has 31 heavy (non-hydrogen) atoms. The Balaban J connectivity index is 1.29. The van der Waals surface area contributed by atoms with E-state index in [2.05, 4.69) is 37.4 Å². The zero-order valence-corrected chi connectivity index (χ0v) is 18.5. The molecular formula is C25H32N4O2. The van der Waals surface area contributed by atoms with Crippen LogP contribution in [-0.2, 0) is 13.0 Å². The normalized spacial score (nSPS) is 17.4. The van der Waals surface area contributed by atoms with Gasteiger partial charge >= 0.3 is 12.1 Å². The smallest absolute Gasteiger partial charge is 0.321 e. The number of benzene rings is 2. The quantitative estimate of drug-likeness (QED) is 0.775. The first-order chi connectivity index (χ1) is 15.0. The molecule has 0 atom stereocenters. The van der Waals surface area contributed by atoms with Crippen LogP contribution in [0.2, 0.25) is 0 Å². The van der Waals surface area contributed by atoms with E-state index in [4.69, 9.17) is 0 Å². The molecule has 0 aliphatic carbocycles. The lowest BCUT2D eigenvalue weighted by molar-refractivity contribution is 0.139. The summed E-state index contributed by atoms with van der Waals surface area (Å²) in [6.45, 7) is 7.71. The molecule has 2 fully saturated rings. The van der Waals surface area contributed by atoms with Crippen molar-refractivity contribution in [3.8, 4) is 0 Å². The number of carbonyl (C=O) groups excluding carboxylic acids is 2. The van der Waals surface area contributed by atoms with Gasteiger partial charge in [-0.15, -0.1) is 0 Å². The Bertz CT molecular complexity index is 937. The lowest BCUT2D eigenvalue weighted by Crippen LogP contribution is -2.49. The van der Waals surface area contributed by atoms with Gasteiger partial charge in [0.1, 0.15) is 0 Å². The van der Waals surface area contributed by atoms with Crippen LogP contribution in [0.25, 0.3) is 0 Å². The van der Waals surface area contributed by atoms with E-state index in [0.29, 0.717) is 19.6 Å². The Kier molecular flexibility index (Phi) is 6.44. The van der Waals surface area contributed by atoms with Crippen LogP contribution >= 0.6 is 0 Å². The van der Waals surface area contributed by atoms with Crippen molar-refractivity contribution in [2.24, 2.45) is 0 Å². The van der Waals surface area contributed by atoms with E-state index >= 15 is 0 Å². The largest absolute Gasteiger partial charge is 0.324 e. The number of carbonyl (C=O) groups is 2. The van der Waals surface area contributed by atoms with E-state index in [0.717, 1.165) is 43.6 Å². The molecule has 4 rings (SSSR count). The number of piperidine rings is 1. The number of nitrogens with one attached hydrogen (secondary N) is 1. The number of anilines is 1. The van der Waals surface area contributed by atoms with Crippen molar-refractivity contribution < 1.29 is 9.59 Å². The molecule has 2 aliphatic heterocycles. The molecule has 2 heterocycles. The molecule has 2 aromatic carbocycles. The van der Waals surface area contributed by atoms with E-state index in [-0.39, 0.29) is 18.1 Å². The predicted molar refractivity (Wildman–Crippen MR) is 123 cm³/mol. The first-order valence-electron chi connectivity index (χ1n) is 11.3. The molecule has 0 spiro atoms. The van der Waals surface area contributed by atoms with Gasteiger partial charge < -0.3 is 20.0 Å². The van der Waals surface area contributed by atoms with Crippen molar-refractivity contribution in [3.05, 3.63) is 65.2 Å². The highest BCUT2D eigenvalue weighted by molar-refractivity contribution is 5.90. The third kappa shape index (κ3) is 4.84. The standard InChI is InChI=1S/C25H32N4O2/c1-3-21-9-4-5-10-23(21)26-24(30)27-13-11-22(12-14-27)29-16-15-28(25(29)31)18-20-8-6-7-19(2)17-20/h4-10,17,22H,3,11-16,18H2,1-2H3,(H,26,30). The fourth-order valence-electron chi connectivity index (χ4n) is 4.64. The monoisotopic (exact) mass is 420 g/mol. The van der Waals surface area contributed by atoms with Crippen LogP contribution < -0.4 is 5.32 Å². The zero-order valence-electron chi connectivity index (χ0n) is 18.5. The summed E-state index contributed by atoms with van der Waals surface area (Å²) in [5.41, 5.74) is 4.42. The minimum Gasteiger partial charge on any atom is -0.324 e. The van der Waals surface area contributed by atoms with Crippen LogP contribution in [0.5, 0.6) is 0 Å².